The molecule has 2 unspecified atom stereocenters. The molecule has 0 bridgehead atoms. The molecule has 3 N–H and O–H groups in total. The first-order valence-electron chi connectivity index (χ1n) is 20.4. The van der Waals surface area contributed by atoms with Gasteiger partial charge in [0.05, 0.1) is 18.8 Å². The summed E-state index contributed by atoms with van der Waals surface area (Å²) < 4.78 is 0. The second-order valence-electron chi connectivity index (χ2n) is 14.1. The molecule has 45 heavy (non-hydrogen) atoms. The van der Waals surface area contributed by atoms with Crippen LogP contribution >= 0.6 is 0 Å². The van der Waals surface area contributed by atoms with Gasteiger partial charge in [0.2, 0.25) is 5.91 Å². The van der Waals surface area contributed by atoms with E-state index < -0.39 is 12.1 Å². The van der Waals surface area contributed by atoms with Crippen molar-refractivity contribution in [2.24, 2.45) is 0 Å². The largest absolute Gasteiger partial charge is 0.394 e. The van der Waals surface area contributed by atoms with Gasteiger partial charge in [0.1, 0.15) is 0 Å². The van der Waals surface area contributed by atoms with Gasteiger partial charge in [0.15, 0.2) is 0 Å². The van der Waals surface area contributed by atoms with Crippen LogP contribution in [0, 0.1) is 0 Å². The first-order chi connectivity index (χ1) is 22.2. The maximum atomic E-state index is 12.3. The van der Waals surface area contributed by atoms with Gasteiger partial charge < -0.3 is 15.5 Å². The lowest BCUT2D eigenvalue weighted by Crippen LogP contribution is -2.45. The monoisotopic (exact) mass is 636 g/mol. The fraction of sp³-hybridized carbons (Fsp3) is 0.927. The number of aliphatic hydroxyl groups excluding tert-OH is 2. The highest BCUT2D eigenvalue weighted by Crippen LogP contribution is 2.16. The minimum atomic E-state index is -0.832. The van der Waals surface area contributed by atoms with Crippen LogP contribution in [0.4, 0.5) is 0 Å². The van der Waals surface area contributed by atoms with Crippen LogP contribution in [0.2, 0.25) is 0 Å². The average molecular weight is 636 g/mol. The molecule has 0 aromatic heterocycles. The number of carbonyl (C=O) groups excluding carboxylic acids is 1. The molecule has 268 valence electrons. The summed E-state index contributed by atoms with van der Waals surface area (Å²) in [4.78, 5) is 12.3. The summed E-state index contributed by atoms with van der Waals surface area (Å²) in [6, 6.07) is -0.615. The van der Waals surface area contributed by atoms with E-state index in [2.05, 4.69) is 19.2 Å². The van der Waals surface area contributed by atoms with Crippen LogP contribution in [-0.4, -0.2) is 34.9 Å². The number of allylic oxidation sites excluding steroid dienone is 1. The molecule has 0 saturated carbocycles. The molecule has 0 heterocycles. The Kier molecular flexibility index (Phi) is 36.9. The molecule has 0 aliphatic rings. The lowest BCUT2D eigenvalue weighted by Gasteiger charge is -2.20. The van der Waals surface area contributed by atoms with Crippen LogP contribution < -0.4 is 5.32 Å². The van der Waals surface area contributed by atoms with Gasteiger partial charge in [-0.05, 0) is 19.3 Å². The van der Waals surface area contributed by atoms with E-state index in [0.29, 0.717) is 6.42 Å². The summed E-state index contributed by atoms with van der Waals surface area (Å²) in [5.41, 5.74) is 0. The fourth-order valence-electron chi connectivity index (χ4n) is 6.35. The molecule has 0 rings (SSSR count). The zero-order valence-electron chi connectivity index (χ0n) is 30.7. The molecule has 0 radical (unpaired) electrons. The molecule has 0 saturated heterocycles. The van der Waals surface area contributed by atoms with Crippen molar-refractivity contribution < 1.29 is 15.0 Å². The Morgan fingerprint density at radius 3 is 1.16 bits per heavy atom. The Morgan fingerprint density at radius 1 is 0.511 bits per heavy atom. The van der Waals surface area contributed by atoms with Crippen molar-refractivity contribution in [3.05, 3.63) is 12.2 Å². The molecule has 0 aliphatic carbocycles. The predicted molar refractivity (Wildman–Crippen MR) is 198 cm³/mol. The first-order valence-corrected chi connectivity index (χ1v) is 20.4. The van der Waals surface area contributed by atoms with Crippen LogP contribution in [0.1, 0.15) is 226 Å². The van der Waals surface area contributed by atoms with Crippen LogP contribution in [-0.2, 0) is 4.79 Å². The molecule has 0 aliphatic heterocycles. The number of hydrogen-bond acceptors (Lipinski definition) is 3. The third kappa shape index (κ3) is 34.3. The van der Waals surface area contributed by atoms with Gasteiger partial charge >= 0.3 is 0 Å². The van der Waals surface area contributed by atoms with E-state index in [1.807, 2.05) is 6.08 Å². The summed E-state index contributed by atoms with van der Waals surface area (Å²) in [6.45, 7) is 4.31. The second kappa shape index (κ2) is 37.6. The Hall–Kier alpha value is -0.870. The van der Waals surface area contributed by atoms with Gasteiger partial charge in [0.25, 0.3) is 0 Å². The quantitative estimate of drug-likeness (QED) is 0.0470. The Bertz CT molecular complexity index is 608. The predicted octanol–water partition coefficient (Wildman–Crippen LogP) is 12.3. The minimum Gasteiger partial charge on any atom is -0.394 e. The second-order valence-corrected chi connectivity index (χ2v) is 14.1. The number of unbranched alkanes of at least 4 members (excludes halogenated alkanes) is 30. The Labute approximate surface area is 282 Å². The minimum absolute atomic E-state index is 0.0609. The molecule has 2 atom stereocenters. The number of amides is 1. The Balaban J connectivity index is 3.52. The topological polar surface area (TPSA) is 69.6 Å². The third-order valence-electron chi connectivity index (χ3n) is 9.52. The summed E-state index contributed by atoms with van der Waals surface area (Å²) in [6.07, 6.45) is 45.9. The Morgan fingerprint density at radius 2 is 0.822 bits per heavy atom. The highest BCUT2D eigenvalue weighted by atomic mass is 16.3. The van der Waals surface area contributed by atoms with Crippen LogP contribution in [0.15, 0.2) is 12.2 Å². The summed E-state index contributed by atoms with van der Waals surface area (Å²) in [5, 5.41) is 22.9. The van der Waals surface area contributed by atoms with E-state index in [-0.39, 0.29) is 12.5 Å². The zero-order valence-corrected chi connectivity index (χ0v) is 30.7. The highest BCUT2D eigenvalue weighted by Gasteiger charge is 2.17. The molecule has 0 spiro atoms. The van der Waals surface area contributed by atoms with E-state index in [9.17, 15) is 15.0 Å². The normalized spacial score (nSPS) is 13.1. The van der Waals surface area contributed by atoms with Crippen LogP contribution in [0.25, 0.3) is 0 Å². The van der Waals surface area contributed by atoms with Crippen molar-refractivity contribution in [1.82, 2.24) is 5.32 Å². The number of nitrogens with one attached hydrogen (secondary N) is 1. The van der Waals surface area contributed by atoms with Crippen LogP contribution in [0.3, 0.4) is 0 Å². The molecule has 1 amide bonds. The molecular formula is C41H81NO3. The summed E-state index contributed by atoms with van der Waals surface area (Å²) >= 11 is 0. The lowest BCUT2D eigenvalue weighted by atomic mass is 10.0. The van der Waals surface area contributed by atoms with Crippen molar-refractivity contribution in [2.45, 2.75) is 238 Å². The molecule has 0 aromatic rings. The smallest absolute Gasteiger partial charge is 0.220 e. The SMILES string of the molecule is CCCCCCCCCCCCC/C=C/C(O)C(CO)NC(=O)CCCCCCCCCCCCCCCCCCCCCC. The van der Waals surface area contributed by atoms with Gasteiger partial charge in [-0.15, -0.1) is 0 Å². The number of carbonyl (C=O) groups is 1. The van der Waals surface area contributed by atoms with E-state index >= 15 is 0 Å². The maximum absolute atomic E-state index is 12.3. The van der Waals surface area contributed by atoms with Gasteiger partial charge in [-0.3, -0.25) is 4.79 Å². The van der Waals surface area contributed by atoms with E-state index in [0.717, 1.165) is 25.7 Å². The maximum Gasteiger partial charge on any atom is 0.220 e. The highest BCUT2D eigenvalue weighted by molar-refractivity contribution is 5.76. The lowest BCUT2D eigenvalue weighted by molar-refractivity contribution is -0.123. The zero-order chi connectivity index (χ0) is 32.9. The number of rotatable bonds is 37. The average Bonchev–Trinajstić information content (AvgIpc) is 3.04. The van der Waals surface area contributed by atoms with E-state index in [1.165, 1.54) is 180 Å². The first kappa shape index (κ1) is 44.1. The van der Waals surface area contributed by atoms with Crippen molar-refractivity contribution in [3.8, 4) is 0 Å². The van der Waals surface area contributed by atoms with Crippen molar-refractivity contribution >= 4 is 5.91 Å². The molecular weight excluding hydrogens is 554 g/mol. The van der Waals surface area contributed by atoms with E-state index in [1.54, 1.807) is 6.08 Å². The van der Waals surface area contributed by atoms with Gasteiger partial charge in [0, 0.05) is 6.42 Å². The fourth-order valence-corrected chi connectivity index (χ4v) is 6.35. The molecule has 0 aromatic carbocycles. The van der Waals surface area contributed by atoms with Gasteiger partial charge in [-0.25, -0.2) is 0 Å². The number of hydrogen-bond donors (Lipinski definition) is 3. The number of aliphatic hydroxyl groups is 2. The molecule has 4 nitrogen and oxygen atoms in total. The summed E-state index contributed by atoms with van der Waals surface area (Å²) in [5.74, 6) is -0.0609. The van der Waals surface area contributed by atoms with Crippen molar-refractivity contribution in [3.63, 3.8) is 0 Å². The van der Waals surface area contributed by atoms with Crippen LogP contribution in [0.5, 0.6) is 0 Å². The summed E-state index contributed by atoms with van der Waals surface area (Å²) in [7, 11) is 0. The van der Waals surface area contributed by atoms with Crippen molar-refractivity contribution in [2.75, 3.05) is 6.61 Å². The molecule has 0 fully saturated rings. The standard InChI is InChI=1S/C41H81NO3/c1-3-5-7-9-11-13-15-17-18-19-20-21-22-23-25-27-29-31-33-35-37-41(45)42-39(38-43)40(44)36-34-32-30-28-26-24-16-14-12-10-8-6-4-2/h34,36,39-40,43-44H,3-33,35,37-38H2,1-2H3,(H,42,45)/b36-34+. The van der Waals surface area contributed by atoms with Crippen molar-refractivity contribution in [1.29, 1.82) is 0 Å². The van der Waals surface area contributed by atoms with Gasteiger partial charge in [-0.1, -0.05) is 212 Å². The third-order valence-corrected chi connectivity index (χ3v) is 9.52. The van der Waals surface area contributed by atoms with Gasteiger partial charge in [-0.2, -0.15) is 0 Å². The van der Waals surface area contributed by atoms with E-state index in [4.69, 9.17) is 0 Å². The molecule has 4 heteroatoms.